The number of aryl methyl sites for hydroxylation is 1. The molecular formula is C18H20N2S. The number of nitrogens with zero attached hydrogens (tertiary/aromatic N) is 1. The van der Waals surface area contributed by atoms with Crippen LogP contribution in [0.2, 0.25) is 0 Å². The largest absolute Gasteiger partial charge is 0.302 e. The van der Waals surface area contributed by atoms with Crippen LogP contribution in [0.1, 0.15) is 48.2 Å². The van der Waals surface area contributed by atoms with Gasteiger partial charge in [0.25, 0.3) is 0 Å². The van der Waals surface area contributed by atoms with Gasteiger partial charge in [-0.05, 0) is 54.7 Å². The summed E-state index contributed by atoms with van der Waals surface area (Å²) in [4.78, 5) is 6.10. The minimum Gasteiger partial charge on any atom is -0.302 e. The SMILES string of the molecule is c1cnc2c(c1)CCCC2NC1CCSc2ccccc21. The van der Waals surface area contributed by atoms with E-state index in [2.05, 4.69) is 46.7 Å². The van der Waals surface area contributed by atoms with Crippen molar-refractivity contribution in [3.05, 3.63) is 59.4 Å². The number of hydrogen-bond donors (Lipinski definition) is 1. The number of thioether (sulfide) groups is 1. The molecule has 1 N–H and O–H groups in total. The van der Waals surface area contributed by atoms with E-state index in [1.807, 2.05) is 18.0 Å². The third-order valence-corrected chi connectivity index (χ3v) is 5.68. The van der Waals surface area contributed by atoms with Gasteiger partial charge in [0.15, 0.2) is 0 Å². The molecule has 0 bridgehead atoms. The fourth-order valence-electron chi connectivity index (χ4n) is 3.53. The Balaban J connectivity index is 1.61. The van der Waals surface area contributed by atoms with Crippen molar-refractivity contribution in [2.45, 2.75) is 42.7 Å². The first-order valence-corrected chi connectivity index (χ1v) is 8.82. The Bertz CT molecular complexity index is 585. The average Bonchev–Trinajstić information content (AvgIpc) is 2.56. The van der Waals surface area contributed by atoms with Crippen molar-refractivity contribution in [2.75, 3.05) is 5.75 Å². The maximum absolute atomic E-state index is 4.65. The van der Waals surface area contributed by atoms with E-state index in [1.165, 1.54) is 53.2 Å². The molecule has 4 rings (SSSR count). The molecule has 0 spiro atoms. The lowest BCUT2D eigenvalue weighted by molar-refractivity contribution is 0.382. The molecule has 1 aromatic heterocycles. The zero-order valence-electron chi connectivity index (χ0n) is 12.1. The molecule has 1 aliphatic heterocycles. The summed E-state index contributed by atoms with van der Waals surface area (Å²) in [6.45, 7) is 0. The molecule has 0 amide bonds. The predicted molar refractivity (Wildman–Crippen MR) is 87.6 cm³/mol. The number of fused-ring (bicyclic) bond motifs is 2. The highest BCUT2D eigenvalue weighted by Gasteiger charge is 2.27. The molecular weight excluding hydrogens is 276 g/mol. The quantitative estimate of drug-likeness (QED) is 0.895. The summed E-state index contributed by atoms with van der Waals surface area (Å²) >= 11 is 1.98. The van der Waals surface area contributed by atoms with Crippen LogP contribution in [0, 0.1) is 0 Å². The van der Waals surface area contributed by atoms with Crippen LogP contribution < -0.4 is 5.32 Å². The van der Waals surface area contributed by atoms with Crippen molar-refractivity contribution in [1.82, 2.24) is 10.3 Å². The van der Waals surface area contributed by atoms with E-state index in [0.29, 0.717) is 12.1 Å². The third kappa shape index (κ3) is 2.60. The first kappa shape index (κ1) is 13.4. The van der Waals surface area contributed by atoms with Gasteiger partial charge in [0, 0.05) is 17.1 Å². The second kappa shape index (κ2) is 5.82. The Morgan fingerprint density at radius 2 is 2.00 bits per heavy atom. The van der Waals surface area contributed by atoms with E-state index < -0.39 is 0 Å². The fraction of sp³-hybridized carbons (Fsp3) is 0.389. The number of pyridine rings is 1. The molecule has 0 saturated carbocycles. The summed E-state index contributed by atoms with van der Waals surface area (Å²) in [5, 5.41) is 3.89. The van der Waals surface area contributed by atoms with Gasteiger partial charge in [0.1, 0.15) is 0 Å². The molecule has 2 atom stereocenters. The first-order chi connectivity index (χ1) is 10.4. The van der Waals surface area contributed by atoms with Gasteiger partial charge >= 0.3 is 0 Å². The monoisotopic (exact) mass is 296 g/mol. The van der Waals surface area contributed by atoms with Gasteiger partial charge < -0.3 is 5.32 Å². The van der Waals surface area contributed by atoms with Crippen molar-refractivity contribution in [3.8, 4) is 0 Å². The maximum atomic E-state index is 4.65. The highest BCUT2D eigenvalue weighted by atomic mass is 32.2. The van der Waals surface area contributed by atoms with Crippen LogP contribution in [0.5, 0.6) is 0 Å². The highest BCUT2D eigenvalue weighted by molar-refractivity contribution is 7.99. The zero-order chi connectivity index (χ0) is 14.1. The summed E-state index contributed by atoms with van der Waals surface area (Å²) in [5.74, 6) is 1.20. The van der Waals surface area contributed by atoms with E-state index in [9.17, 15) is 0 Å². The minimum absolute atomic E-state index is 0.413. The molecule has 21 heavy (non-hydrogen) atoms. The van der Waals surface area contributed by atoms with Crippen LogP contribution in [0.3, 0.4) is 0 Å². The molecule has 2 unspecified atom stereocenters. The molecule has 2 aromatic rings. The molecule has 0 saturated heterocycles. The molecule has 1 aliphatic carbocycles. The number of benzene rings is 1. The van der Waals surface area contributed by atoms with Gasteiger partial charge in [-0.15, -0.1) is 11.8 Å². The summed E-state index contributed by atoms with van der Waals surface area (Å²) in [5.41, 5.74) is 4.18. The smallest absolute Gasteiger partial charge is 0.0605 e. The standard InChI is InChI=1S/C18H20N2S/c1-2-9-17-14(7-1)15(10-12-21-17)20-16-8-3-5-13-6-4-11-19-18(13)16/h1-2,4,6-7,9,11,15-16,20H,3,5,8,10,12H2. The molecule has 2 aliphatic rings. The summed E-state index contributed by atoms with van der Waals surface area (Å²) in [6.07, 6.45) is 6.79. The molecule has 0 radical (unpaired) electrons. The number of nitrogens with one attached hydrogen (secondary N) is 1. The van der Waals surface area contributed by atoms with Gasteiger partial charge in [-0.25, -0.2) is 0 Å². The molecule has 1 aromatic carbocycles. The van der Waals surface area contributed by atoms with Gasteiger partial charge in [-0.1, -0.05) is 24.3 Å². The Morgan fingerprint density at radius 1 is 1.05 bits per heavy atom. The van der Waals surface area contributed by atoms with Crippen LogP contribution in [0.15, 0.2) is 47.5 Å². The van der Waals surface area contributed by atoms with E-state index in [1.54, 1.807) is 0 Å². The van der Waals surface area contributed by atoms with Gasteiger partial charge in [-0.2, -0.15) is 0 Å². The molecule has 2 nitrogen and oxygen atoms in total. The van der Waals surface area contributed by atoms with E-state index >= 15 is 0 Å². The number of aromatic nitrogens is 1. The number of rotatable bonds is 2. The number of hydrogen-bond acceptors (Lipinski definition) is 3. The third-order valence-electron chi connectivity index (χ3n) is 4.56. The van der Waals surface area contributed by atoms with Gasteiger partial charge in [0.05, 0.1) is 11.7 Å². The van der Waals surface area contributed by atoms with Crippen molar-refractivity contribution in [3.63, 3.8) is 0 Å². The minimum atomic E-state index is 0.413. The van der Waals surface area contributed by atoms with Gasteiger partial charge in [-0.3, -0.25) is 4.98 Å². The second-order valence-corrected chi connectivity index (χ2v) is 7.02. The Morgan fingerprint density at radius 3 is 3.00 bits per heavy atom. The van der Waals surface area contributed by atoms with Crippen molar-refractivity contribution in [1.29, 1.82) is 0 Å². The van der Waals surface area contributed by atoms with Crippen molar-refractivity contribution in [2.24, 2.45) is 0 Å². The van der Waals surface area contributed by atoms with Crippen molar-refractivity contribution < 1.29 is 0 Å². The zero-order valence-corrected chi connectivity index (χ0v) is 12.9. The average molecular weight is 296 g/mol. The summed E-state index contributed by atoms with van der Waals surface area (Å²) < 4.78 is 0. The normalized spacial score (nSPS) is 24.2. The second-order valence-electron chi connectivity index (χ2n) is 5.89. The summed E-state index contributed by atoms with van der Waals surface area (Å²) in [6, 6.07) is 14.0. The Labute approximate surface area is 130 Å². The lowest BCUT2D eigenvalue weighted by Gasteiger charge is -2.32. The molecule has 3 heteroatoms. The summed E-state index contributed by atoms with van der Waals surface area (Å²) in [7, 11) is 0. The van der Waals surface area contributed by atoms with Crippen LogP contribution >= 0.6 is 11.8 Å². The Hall–Kier alpha value is -1.32. The van der Waals surface area contributed by atoms with Crippen LogP contribution in [-0.2, 0) is 6.42 Å². The lowest BCUT2D eigenvalue weighted by atomic mass is 9.90. The first-order valence-electron chi connectivity index (χ1n) is 7.83. The topological polar surface area (TPSA) is 24.9 Å². The highest BCUT2D eigenvalue weighted by Crippen LogP contribution is 2.38. The fourth-order valence-corrected chi connectivity index (χ4v) is 4.65. The van der Waals surface area contributed by atoms with Crippen molar-refractivity contribution >= 4 is 11.8 Å². The lowest BCUT2D eigenvalue weighted by Crippen LogP contribution is -2.31. The molecule has 0 fully saturated rings. The predicted octanol–water partition coefficient (Wildman–Crippen LogP) is 4.29. The van der Waals surface area contributed by atoms with Crippen LogP contribution in [0.4, 0.5) is 0 Å². The van der Waals surface area contributed by atoms with Crippen LogP contribution in [0.25, 0.3) is 0 Å². The van der Waals surface area contributed by atoms with Gasteiger partial charge in [0.2, 0.25) is 0 Å². The molecule has 2 heterocycles. The van der Waals surface area contributed by atoms with E-state index in [4.69, 9.17) is 0 Å². The molecule has 108 valence electrons. The Kier molecular flexibility index (Phi) is 3.70. The van der Waals surface area contributed by atoms with Crippen LogP contribution in [-0.4, -0.2) is 10.7 Å². The maximum Gasteiger partial charge on any atom is 0.0605 e. The van der Waals surface area contributed by atoms with E-state index in [-0.39, 0.29) is 0 Å². The van der Waals surface area contributed by atoms with E-state index in [0.717, 1.165) is 0 Å².